The van der Waals surface area contributed by atoms with Crippen molar-refractivity contribution in [1.29, 1.82) is 0 Å². The first-order chi connectivity index (χ1) is 13.0. The maximum absolute atomic E-state index is 9.92. The van der Waals surface area contributed by atoms with Crippen LogP contribution in [0.5, 0.6) is 17.2 Å². The first-order valence-electron chi connectivity index (χ1n) is 8.57. The lowest BCUT2D eigenvalue weighted by Gasteiger charge is -2.11. The molecule has 1 aromatic heterocycles. The number of nitrogens with zero attached hydrogens (tertiary/aromatic N) is 2. The maximum atomic E-state index is 9.92. The molecule has 0 fully saturated rings. The predicted octanol–water partition coefficient (Wildman–Crippen LogP) is 4.57. The van der Waals surface area contributed by atoms with Crippen LogP contribution >= 0.6 is 15.9 Å². The molecule has 2 N–H and O–H groups in total. The quantitative estimate of drug-likeness (QED) is 0.573. The summed E-state index contributed by atoms with van der Waals surface area (Å²) in [5.41, 5.74) is 3.03. The molecule has 0 spiro atoms. The summed E-state index contributed by atoms with van der Waals surface area (Å²) in [5, 5.41) is 13.2. The van der Waals surface area contributed by atoms with Gasteiger partial charge in [0.05, 0.1) is 30.1 Å². The van der Waals surface area contributed by atoms with Gasteiger partial charge in [-0.2, -0.15) is 0 Å². The van der Waals surface area contributed by atoms with Crippen LogP contribution in [-0.4, -0.2) is 28.4 Å². The molecule has 3 rings (SSSR count). The molecule has 142 valence electrons. The minimum Gasteiger partial charge on any atom is -0.503 e. The molecule has 7 heteroatoms. The molecule has 0 aliphatic rings. The molecule has 2 aromatic carbocycles. The number of halogens is 1. The summed E-state index contributed by atoms with van der Waals surface area (Å²) in [6.07, 6.45) is 1.84. The second-order valence-corrected chi connectivity index (χ2v) is 6.82. The number of methoxy groups -OCH3 is 1. The SMILES string of the molecule is CCOc1ccc(-c2cnc(NCc3cc(Br)c(O)c(OC)c3)n2C)cc1. The van der Waals surface area contributed by atoms with Gasteiger partial charge in [-0.25, -0.2) is 4.98 Å². The van der Waals surface area contributed by atoms with Gasteiger partial charge in [-0.1, -0.05) is 0 Å². The lowest BCUT2D eigenvalue weighted by molar-refractivity contribution is 0.340. The summed E-state index contributed by atoms with van der Waals surface area (Å²) in [4.78, 5) is 4.48. The van der Waals surface area contributed by atoms with E-state index in [1.165, 1.54) is 7.11 Å². The molecule has 0 radical (unpaired) electrons. The van der Waals surface area contributed by atoms with E-state index in [-0.39, 0.29) is 5.75 Å². The van der Waals surface area contributed by atoms with Crippen molar-refractivity contribution in [2.45, 2.75) is 13.5 Å². The van der Waals surface area contributed by atoms with Gasteiger partial charge in [0.1, 0.15) is 5.75 Å². The Balaban J connectivity index is 1.75. The fourth-order valence-corrected chi connectivity index (χ4v) is 3.29. The molecule has 0 saturated heterocycles. The van der Waals surface area contributed by atoms with Crippen LogP contribution in [0.2, 0.25) is 0 Å². The van der Waals surface area contributed by atoms with E-state index >= 15 is 0 Å². The highest BCUT2D eigenvalue weighted by Crippen LogP contribution is 2.35. The molecule has 0 aliphatic carbocycles. The van der Waals surface area contributed by atoms with Gasteiger partial charge in [-0.15, -0.1) is 0 Å². The molecule has 0 aliphatic heterocycles. The normalized spacial score (nSPS) is 10.7. The zero-order valence-corrected chi connectivity index (χ0v) is 17.1. The van der Waals surface area contributed by atoms with Crippen molar-refractivity contribution in [2.75, 3.05) is 19.0 Å². The number of ether oxygens (including phenoxy) is 2. The second kappa shape index (κ2) is 8.35. The van der Waals surface area contributed by atoms with Crippen molar-refractivity contribution in [3.05, 3.63) is 52.6 Å². The third-order valence-corrected chi connectivity index (χ3v) is 4.81. The van der Waals surface area contributed by atoms with Crippen LogP contribution < -0.4 is 14.8 Å². The van der Waals surface area contributed by atoms with Gasteiger partial charge in [0.15, 0.2) is 11.5 Å². The maximum Gasteiger partial charge on any atom is 0.203 e. The van der Waals surface area contributed by atoms with Gasteiger partial charge in [0, 0.05) is 19.2 Å². The van der Waals surface area contributed by atoms with E-state index in [2.05, 4.69) is 26.2 Å². The van der Waals surface area contributed by atoms with Crippen LogP contribution in [0.1, 0.15) is 12.5 Å². The Morgan fingerprint density at radius 1 is 1.22 bits per heavy atom. The van der Waals surface area contributed by atoms with E-state index in [4.69, 9.17) is 9.47 Å². The Morgan fingerprint density at radius 3 is 2.63 bits per heavy atom. The first-order valence-corrected chi connectivity index (χ1v) is 9.37. The molecule has 1 heterocycles. The number of nitrogens with one attached hydrogen (secondary N) is 1. The Kier molecular flexibility index (Phi) is 5.91. The number of imidazole rings is 1. The average molecular weight is 432 g/mol. The lowest BCUT2D eigenvalue weighted by atomic mass is 10.1. The number of rotatable bonds is 7. The van der Waals surface area contributed by atoms with Crippen molar-refractivity contribution >= 4 is 21.9 Å². The van der Waals surface area contributed by atoms with Crippen LogP contribution in [0, 0.1) is 0 Å². The zero-order valence-electron chi connectivity index (χ0n) is 15.5. The third-order valence-electron chi connectivity index (χ3n) is 4.21. The molecular formula is C20H22BrN3O3. The molecule has 6 nitrogen and oxygen atoms in total. The van der Waals surface area contributed by atoms with Crippen LogP contribution in [-0.2, 0) is 13.6 Å². The molecule has 3 aromatic rings. The summed E-state index contributed by atoms with van der Waals surface area (Å²) in [5.74, 6) is 2.13. The van der Waals surface area contributed by atoms with Gasteiger partial charge in [-0.3, -0.25) is 0 Å². The summed E-state index contributed by atoms with van der Waals surface area (Å²) in [7, 11) is 3.50. The third kappa shape index (κ3) is 4.19. The number of phenolic OH excluding ortho intramolecular Hbond substituents is 1. The van der Waals surface area contributed by atoms with Crippen molar-refractivity contribution in [3.63, 3.8) is 0 Å². The molecular weight excluding hydrogens is 410 g/mol. The van der Waals surface area contributed by atoms with Gasteiger partial charge in [0.2, 0.25) is 5.95 Å². The topological polar surface area (TPSA) is 68.5 Å². The molecule has 27 heavy (non-hydrogen) atoms. The zero-order chi connectivity index (χ0) is 19.4. The van der Waals surface area contributed by atoms with Crippen molar-refractivity contribution in [2.24, 2.45) is 7.05 Å². The van der Waals surface area contributed by atoms with Crippen LogP contribution in [0.25, 0.3) is 11.3 Å². The van der Waals surface area contributed by atoms with Gasteiger partial charge >= 0.3 is 0 Å². The average Bonchev–Trinajstić information content (AvgIpc) is 3.04. The summed E-state index contributed by atoms with van der Waals surface area (Å²) in [6, 6.07) is 11.6. The van der Waals surface area contributed by atoms with Gasteiger partial charge in [-0.05, 0) is 64.8 Å². The number of aromatic hydroxyl groups is 1. The van der Waals surface area contributed by atoms with Gasteiger partial charge in [0.25, 0.3) is 0 Å². The lowest BCUT2D eigenvalue weighted by Crippen LogP contribution is -2.06. The van der Waals surface area contributed by atoms with Crippen molar-refractivity contribution in [3.8, 4) is 28.5 Å². The predicted molar refractivity (Wildman–Crippen MR) is 109 cm³/mol. The number of phenols is 1. The van der Waals surface area contributed by atoms with E-state index in [1.807, 2.05) is 55.1 Å². The highest BCUT2D eigenvalue weighted by molar-refractivity contribution is 9.10. The summed E-state index contributed by atoms with van der Waals surface area (Å²) >= 11 is 3.34. The molecule has 0 bridgehead atoms. The van der Waals surface area contributed by atoms with Crippen LogP contribution in [0.3, 0.4) is 0 Å². The molecule has 0 saturated carbocycles. The minimum absolute atomic E-state index is 0.0935. The molecule has 0 atom stereocenters. The largest absolute Gasteiger partial charge is 0.503 e. The fraction of sp³-hybridized carbons (Fsp3) is 0.250. The van der Waals surface area contributed by atoms with Gasteiger partial charge < -0.3 is 24.5 Å². The minimum atomic E-state index is 0.0935. The summed E-state index contributed by atoms with van der Waals surface area (Å²) < 4.78 is 13.3. The summed E-state index contributed by atoms with van der Waals surface area (Å²) in [6.45, 7) is 3.16. The van der Waals surface area contributed by atoms with Crippen LogP contribution in [0.15, 0.2) is 47.1 Å². The number of anilines is 1. The number of benzene rings is 2. The Labute approximate surface area is 166 Å². The van der Waals surface area contributed by atoms with Crippen molar-refractivity contribution in [1.82, 2.24) is 9.55 Å². The fourth-order valence-electron chi connectivity index (χ4n) is 2.80. The molecule has 0 unspecified atom stereocenters. The van der Waals surface area contributed by atoms with E-state index in [0.717, 1.165) is 28.5 Å². The second-order valence-electron chi connectivity index (χ2n) is 5.97. The van der Waals surface area contributed by atoms with Crippen LogP contribution in [0.4, 0.5) is 5.95 Å². The number of hydrogen-bond donors (Lipinski definition) is 2. The Hall–Kier alpha value is -2.67. The highest BCUT2D eigenvalue weighted by atomic mass is 79.9. The van der Waals surface area contributed by atoms with E-state index in [9.17, 15) is 5.11 Å². The first kappa shape index (κ1) is 19.1. The Morgan fingerprint density at radius 2 is 1.96 bits per heavy atom. The monoisotopic (exact) mass is 431 g/mol. The smallest absolute Gasteiger partial charge is 0.203 e. The Bertz CT molecular complexity index is 923. The number of hydrogen-bond acceptors (Lipinski definition) is 5. The number of aromatic nitrogens is 2. The van der Waals surface area contributed by atoms with Crippen molar-refractivity contribution < 1.29 is 14.6 Å². The highest BCUT2D eigenvalue weighted by Gasteiger charge is 2.11. The van der Waals surface area contributed by atoms with E-state index in [1.54, 1.807) is 6.07 Å². The van der Waals surface area contributed by atoms with E-state index in [0.29, 0.717) is 23.4 Å². The van der Waals surface area contributed by atoms with E-state index < -0.39 is 0 Å². The standard InChI is InChI=1S/C20H22BrN3O3/c1-4-27-15-7-5-14(6-8-15)17-12-23-20(24(17)2)22-11-13-9-16(21)19(25)18(10-13)26-3/h5-10,12,25H,4,11H2,1-3H3,(H,22,23). The molecule has 0 amide bonds.